The standard InChI is InChI=1S/C22H26IN5O5S.C7H7NO/c23-14-7-10-17(24)16(11-14)22(31)26-12-20(29)27-18-3-1-2-4-19(18)28-21(30)13-5-8-15(9-6-13)34(25,32)33;8-7(9)6-4-2-1-3-5-6/h5-11,18-19H,1-4,12,24H2,(H,26,31)(H,27,29)(H,28,30)(H2,25,32,33);1-5H,(H2,8,9). The van der Waals surface area contributed by atoms with Crippen LogP contribution in [-0.4, -0.2) is 50.7 Å². The van der Waals surface area contributed by atoms with Gasteiger partial charge in [0.15, 0.2) is 0 Å². The van der Waals surface area contributed by atoms with Gasteiger partial charge in [-0.3, -0.25) is 19.2 Å². The second-order valence-electron chi connectivity index (χ2n) is 9.75. The minimum absolute atomic E-state index is 0.0825. The molecule has 228 valence electrons. The second-order valence-corrected chi connectivity index (χ2v) is 12.6. The van der Waals surface area contributed by atoms with Crippen molar-refractivity contribution in [3.8, 4) is 0 Å². The molecule has 1 aliphatic carbocycles. The lowest BCUT2D eigenvalue weighted by molar-refractivity contribution is -0.121. The zero-order chi connectivity index (χ0) is 31.6. The predicted molar refractivity (Wildman–Crippen MR) is 170 cm³/mol. The van der Waals surface area contributed by atoms with Gasteiger partial charge in [0, 0.05) is 32.5 Å². The topological polar surface area (TPSA) is 217 Å². The molecule has 4 amide bonds. The molecule has 43 heavy (non-hydrogen) atoms. The van der Waals surface area contributed by atoms with E-state index in [1.807, 2.05) is 6.07 Å². The molecule has 12 nitrogen and oxygen atoms in total. The van der Waals surface area contributed by atoms with Crippen molar-refractivity contribution in [2.24, 2.45) is 10.9 Å². The summed E-state index contributed by atoms with van der Waals surface area (Å²) in [6, 6.07) is 18.5. The van der Waals surface area contributed by atoms with E-state index in [9.17, 15) is 27.6 Å². The highest BCUT2D eigenvalue weighted by Crippen LogP contribution is 2.20. The van der Waals surface area contributed by atoms with E-state index in [2.05, 4.69) is 38.5 Å². The van der Waals surface area contributed by atoms with Crippen molar-refractivity contribution in [3.63, 3.8) is 0 Å². The summed E-state index contributed by atoms with van der Waals surface area (Å²) < 4.78 is 23.6. The molecule has 2 unspecified atom stereocenters. The number of primary sulfonamides is 1. The number of hydrogen-bond acceptors (Lipinski definition) is 7. The highest BCUT2D eigenvalue weighted by Gasteiger charge is 2.28. The Kier molecular flexibility index (Phi) is 12.0. The van der Waals surface area contributed by atoms with E-state index in [0.29, 0.717) is 29.7 Å². The minimum Gasteiger partial charge on any atom is -0.398 e. The minimum atomic E-state index is -3.85. The molecule has 9 N–H and O–H groups in total. The molecule has 0 aromatic heterocycles. The fraction of sp³-hybridized carbons (Fsp3) is 0.241. The molecule has 2 atom stereocenters. The molecule has 0 bridgehead atoms. The van der Waals surface area contributed by atoms with Gasteiger partial charge in [-0.2, -0.15) is 0 Å². The van der Waals surface area contributed by atoms with Crippen LogP contribution in [0.25, 0.3) is 0 Å². The zero-order valence-corrected chi connectivity index (χ0v) is 26.1. The number of carbonyl (C=O) groups is 4. The van der Waals surface area contributed by atoms with E-state index in [-0.39, 0.29) is 46.8 Å². The maximum atomic E-state index is 12.7. The Balaban J connectivity index is 0.000000480. The van der Waals surface area contributed by atoms with Crippen LogP contribution in [-0.2, 0) is 14.8 Å². The van der Waals surface area contributed by atoms with Crippen molar-refractivity contribution in [2.75, 3.05) is 12.3 Å². The van der Waals surface area contributed by atoms with Crippen LogP contribution in [0, 0.1) is 3.57 Å². The highest BCUT2D eigenvalue weighted by molar-refractivity contribution is 14.1. The summed E-state index contributed by atoms with van der Waals surface area (Å²) in [5.41, 5.74) is 12.3. The summed E-state index contributed by atoms with van der Waals surface area (Å²) in [6.07, 6.45) is 3.14. The van der Waals surface area contributed by atoms with Crippen molar-refractivity contribution in [2.45, 2.75) is 42.7 Å². The van der Waals surface area contributed by atoms with Gasteiger partial charge < -0.3 is 27.4 Å². The van der Waals surface area contributed by atoms with Gasteiger partial charge in [-0.05, 0) is 90.0 Å². The van der Waals surface area contributed by atoms with Gasteiger partial charge in [-0.25, -0.2) is 13.6 Å². The molecule has 0 aliphatic heterocycles. The van der Waals surface area contributed by atoms with Crippen LogP contribution in [0.15, 0.2) is 77.7 Å². The van der Waals surface area contributed by atoms with Crippen molar-refractivity contribution in [1.29, 1.82) is 0 Å². The van der Waals surface area contributed by atoms with Crippen LogP contribution in [0.4, 0.5) is 5.69 Å². The van der Waals surface area contributed by atoms with Gasteiger partial charge in [-0.15, -0.1) is 0 Å². The lowest BCUT2D eigenvalue weighted by atomic mass is 9.90. The van der Waals surface area contributed by atoms with Gasteiger partial charge in [0.1, 0.15) is 0 Å². The van der Waals surface area contributed by atoms with Crippen LogP contribution in [0.5, 0.6) is 0 Å². The number of nitrogen functional groups attached to an aromatic ring is 1. The van der Waals surface area contributed by atoms with E-state index in [0.717, 1.165) is 16.4 Å². The largest absolute Gasteiger partial charge is 0.398 e. The van der Waals surface area contributed by atoms with Crippen LogP contribution in [0.3, 0.4) is 0 Å². The zero-order valence-electron chi connectivity index (χ0n) is 23.1. The molecule has 0 heterocycles. The number of carbonyl (C=O) groups excluding carboxylic acids is 4. The summed E-state index contributed by atoms with van der Waals surface area (Å²) in [7, 11) is -3.85. The van der Waals surface area contributed by atoms with Crippen LogP contribution in [0.2, 0.25) is 0 Å². The lowest BCUT2D eigenvalue weighted by Crippen LogP contribution is -2.54. The molecule has 0 saturated heterocycles. The number of nitrogens with two attached hydrogens (primary N) is 3. The quantitative estimate of drug-likeness (QED) is 0.150. The van der Waals surface area contributed by atoms with E-state index < -0.39 is 15.9 Å². The number of nitrogens with one attached hydrogen (secondary N) is 3. The van der Waals surface area contributed by atoms with Crippen LogP contribution in [0.1, 0.15) is 56.8 Å². The first-order valence-corrected chi connectivity index (χ1v) is 15.9. The van der Waals surface area contributed by atoms with Gasteiger partial charge in [-0.1, -0.05) is 31.0 Å². The van der Waals surface area contributed by atoms with Crippen LogP contribution >= 0.6 is 22.6 Å². The summed E-state index contributed by atoms with van der Waals surface area (Å²) in [4.78, 5) is 47.9. The Bertz CT molecular complexity index is 1570. The van der Waals surface area contributed by atoms with Gasteiger partial charge >= 0.3 is 0 Å². The number of benzene rings is 3. The van der Waals surface area contributed by atoms with E-state index in [1.165, 1.54) is 24.3 Å². The first-order valence-electron chi connectivity index (χ1n) is 13.3. The number of hydrogen-bond donors (Lipinski definition) is 6. The van der Waals surface area contributed by atoms with Crippen LogP contribution < -0.4 is 32.6 Å². The molecule has 14 heteroatoms. The SMILES string of the molecule is NC(=O)c1ccccc1.Nc1ccc(I)cc1C(=O)NCC(=O)NC1CCCCC1NC(=O)c1ccc(S(N)(=O)=O)cc1. The van der Waals surface area contributed by atoms with Crippen molar-refractivity contribution in [3.05, 3.63) is 93.1 Å². The lowest BCUT2D eigenvalue weighted by Gasteiger charge is -2.33. The Morgan fingerprint density at radius 3 is 1.98 bits per heavy atom. The summed E-state index contributed by atoms with van der Waals surface area (Å²) in [6.45, 7) is -0.226. The molecular formula is C29H33IN6O6S. The number of primary amides is 1. The third-order valence-corrected chi connectivity index (χ3v) is 8.20. The normalized spacial score (nSPS) is 16.1. The number of anilines is 1. The molecule has 4 rings (SSSR count). The number of rotatable bonds is 8. The van der Waals surface area contributed by atoms with E-state index >= 15 is 0 Å². The summed E-state index contributed by atoms with van der Waals surface area (Å²) >= 11 is 2.07. The fourth-order valence-electron chi connectivity index (χ4n) is 4.37. The molecule has 0 spiro atoms. The molecule has 3 aromatic carbocycles. The smallest absolute Gasteiger partial charge is 0.253 e. The summed E-state index contributed by atoms with van der Waals surface area (Å²) in [5.74, 6) is -1.58. The number of amides is 4. The van der Waals surface area contributed by atoms with E-state index in [1.54, 1.807) is 42.5 Å². The Labute approximate surface area is 263 Å². The second kappa shape index (κ2) is 15.5. The molecule has 3 aromatic rings. The van der Waals surface area contributed by atoms with Crippen molar-refractivity contribution < 1.29 is 27.6 Å². The summed E-state index contributed by atoms with van der Waals surface area (Å²) in [5, 5.41) is 13.5. The maximum Gasteiger partial charge on any atom is 0.253 e. The Hall–Kier alpha value is -4.02. The molecule has 1 fully saturated rings. The Morgan fingerprint density at radius 1 is 0.814 bits per heavy atom. The van der Waals surface area contributed by atoms with E-state index in [4.69, 9.17) is 16.6 Å². The maximum absolute atomic E-state index is 12.7. The average molecular weight is 721 g/mol. The first-order chi connectivity index (χ1) is 20.3. The fourth-order valence-corrected chi connectivity index (χ4v) is 5.37. The molecular weight excluding hydrogens is 687 g/mol. The highest BCUT2D eigenvalue weighted by atomic mass is 127. The van der Waals surface area contributed by atoms with Gasteiger partial charge in [0.25, 0.3) is 11.8 Å². The molecule has 0 radical (unpaired) electrons. The molecule has 1 aliphatic rings. The monoisotopic (exact) mass is 720 g/mol. The first kappa shape index (κ1) is 33.5. The number of sulfonamides is 1. The third-order valence-electron chi connectivity index (χ3n) is 6.60. The van der Waals surface area contributed by atoms with Crippen molar-refractivity contribution >= 4 is 61.9 Å². The van der Waals surface area contributed by atoms with Crippen molar-refractivity contribution in [1.82, 2.24) is 16.0 Å². The number of halogens is 1. The molecule has 1 saturated carbocycles. The third kappa shape index (κ3) is 10.3. The van der Waals surface area contributed by atoms with Gasteiger partial charge in [0.2, 0.25) is 21.8 Å². The van der Waals surface area contributed by atoms with Gasteiger partial charge in [0.05, 0.1) is 17.0 Å². The Morgan fingerprint density at radius 2 is 1.42 bits per heavy atom. The predicted octanol–water partition coefficient (Wildman–Crippen LogP) is 1.89. The average Bonchev–Trinajstić information content (AvgIpc) is 2.98.